The Balaban J connectivity index is 1.88. The van der Waals surface area contributed by atoms with Crippen LogP contribution in [0.4, 0.5) is 10.5 Å². The standard InChI is InChI=1S/C14H13Cl2N3O2/c15-10-5-9(6-11(16)7-10)13(20)8-18-14(21)19-12-1-3-17-4-2-12/h1-7,13,20H,8H2,(H2,17,18,19,21). The van der Waals surface area contributed by atoms with E-state index >= 15 is 0 Å². The summed E-state index contributed by atoms with van der Waals surface area (Å²) >= 11 is 11.7. The first kappa shape index (κ1) is 15.6. The average Bonchev–Trinajstić information content (AvgIpc) is 2.45. The zero-order chi connectivity index (χ0) is 15.2. The van der Waals surface area contributed by atoms with E-state index in [1.165, 1.54) is 0 Å². The number of hydrogen-bond acceptors (Lipinski definition) is 3. The largest absolute Gasteiger partial charge is 0.387 e. The molecular weight excluding hydrogens is 313 g/mol. The van der Waals surface area contributed by atoms with E-state index in [2.05, 4.69) is 15.6 Å². The van der Waals surface area contributed by atoms with E-state index in [0.29, 0.717) is 21.3 Å². The molecule has 3 N–H and O–H groups in total. The first-order valence-corrected chi connectivity index (χ1v) is 6.89. The number of urea groups is 1. The molecule has 1 unspecified atom stereocenters. The van der Waals surface area contributed by atoms with Gasteiger partial charge in [0.2, 0.25) is 0 Å². The molecule has 1 aromatic carbocycles. The van der Waals surface area contributed by atoms with E-state index in [0.717, 1.165) is 0 Å². The molecule has 7 heteroatoms. The second-order valence-corrected chi connectivity index (χ2v) is 5.16. The fraction of sp³-hybridized carbons (Fsp3) is 0.143. The highest BCUT2D eigenvalue weighted by molar-refractivity contribution is 6.34. The van der Waals surface area contributed by atoms with Gasteiger partial charge in [-0.2, -0.15) is 0 Å². The molecule has 0 saturated heterocycles. The van der Waals surface area contributed by atoms with Crippen molar-refractivity contribution in [3.63, 3.8) is 0 Å². The average molecular weight is 326 g/mol. The van der Waals surface area contributed by atoms with Crippen molar-refractivity contribution in [2.75, 3.05) is 11.9 Å². The molecule has 0 aliphatic carbocycles. The smallest absolute Gasteiger partial charge is 0.319 e. The van der Waals surface area contributed by atoms with Gasteiger partial charge in [0, 0.05) is 34.7 Å². The molecule has 2 aromatic rings. The summed E-state index contributed by atoms with van der Waals surface area (Å²) in [5.74, 6) is 0. The highest BCUT2D eigenvalue weighted by atomic mass is 35.5. The predicted molar refractivity (Wildman–Crippen MR) is 82.7 cm³/mol. The number of pyridine rings is 1. The molecule has 0 aliphatic rings. The van der Waals surface area contributed by atoms with Crippen LogP contribution in [-0.2, 0) is 0 Å². The molecule has 21 heavy (non-hydrogen) atoms. The Morgan fingerprint density at radius 2 is 1.81 bits per heavy atom. The maximum atomic E-state index is 11.7. The molecule has 110 valence electrons. The van der Waals surface area contributed by atoms with E-state index in [1.807, 2.05) is 0 Å². The fourth-order valence-electron chi connectivity index (χ4n) is 1.69. The summed E-state index contributed by atoms with van der Waals surface area (Å²) in [4.78, 5) is 15.5. The number of carbonyl (C=O) groups is 1. The number of benzene rings is 1. The van der Waals surface area contributed by atoms with Crippen LogP contribution in [0, 0.1) is 0 Å². The Hall–Kier alpha value is -1.82. The normalized spacial score (nSPS) is 11.8. The van der Waals surface area contributed by atoms with E-state index < -0.39 is 12.1 Å². The lowest BCUT2D eigenvalue weighted by Crippen LogP contribution is -2.32. The SMILES string of the molecule is O=C(NCC(O)c1cc(Cl)cc(Cl)c1)Nc1ccncc1. The van der Waals surface area contributed by atoms with Gasteiger partial charge < -0.3 is 15.7 Å². The van der Waals surface area contributed by atoms with Crippen molar-refractivity contribution in [3.8, 4) is 0 Å². The van der Waals surface area contributed by atoms with Crippen LogP contribution in [0.15, 0.2) is 42.7 Å². The number of hydrogen-bond donors (Lipinski definition) is 3. The molecule has 5 nitrogen and oxygen atoms in total. The third kappa shape index (κ3) is 4.90. The topological polar surface area (TPSA) is 74.2 Å². The molecule has 1 aromatic heterocycles. The van der Waals surface area contributed by atoms with Gasteiger partial charge in [0.05, 0.1) is 6.10 Å². The van der Waals surface area contributed by atoms with Gasteiger partial charge in [-0.15, -0.1) is 0 Å². The Bertz CT molecular complexity index is 603. The number of rotatable bonds is 4. The first-order chi connectivity index (χ1) is 10.0. The van der Waals surface area contributed by atoms with Gasteiger partial charge in [0.25, 0.3) is 0 Å². The molecule has 1 heterocycles. The Labute approximate surface area is 131 Å². The molecule has 0 saturated carbocycles. The van der Waals surface area contributed by atoms with Crippen molar-refractivity contribution in [1.29, 1.82) is 0 Å². The van der Waals surface area contributed by atoms with Crippen molar-refractivity contribution < 1.29 is 9.90 Å². The predicted octanol–water partition coefficient (Wildman–Crippen LogP) is 3.24. The van der Waals surface area contributed by atoms with Gasteiger partial charge in [-0.05, 0) is 35.9 Å². The summed E-state index contributed by atoms with van der Waals surface area (Å²) in [7, 11) is 0. The summed E-state index contributed by atoms with van der Waals surface area (Å²) in [5.41, 5.74) is 1.15. The number of aliphatic hydroxyl groups is 1. The van der Waals surface area contributed by atoms with Gasteiger partial charge >= 0.3 is 6.03 Å². The van der Waals surface area contributed by atoms with Crippen LogP contribution in [-0.4, -0.2) is 22.7 Å². The van der Waals surface area contributed by atoms with Gasteiger partial charge in [-0.3, -0.25) is 4.98 Å². The molecule has 0 aliphatic heterocycles. The molecule has 2 amide bonds. The maximum Gasteiger partial charge on any atom is 0.319 e. The molecular formula is C14H13Cl2N3O2. The number of nitrogens with zero attached hydrogens (tertiary/aromatic N) is 1. The molecule has 2 rings (SSSR count). The summed E-state index contributed by atoms with van der Waals surface area (Å²) in [6, 6.07) is 7.66. The molecule has 0 bridgehead atoms. The highest BCUT2D eigenvalue weighted by Crippen LogP contribution is 2.23. The Morgan fingerprint density at radius 3 is 2.43 bits per heavy atom. The van der Waals surface area contributed by atoms with Crippen LogP contribution in [0.3, 0.4) is 0 Å². The van der Waals surface area contributed by atoms with E-state index in [1.54, 1.807) is 42.7 Å². The number of aliphatic hydroxyl groups excluding tert-OH is 1. The third-order valence-corrected chi connectivity index (χ3v) is 3.10. The Morgan fingerprint density at radius 1 is 1.19 bits per heavy atom. The fourth-order valence-corrected chi connectivity index (χ4v) is 2.23. The third-order valence-electron chi connectivity index (χ3n) is 2.66. The van der Waals surface area contributed by atoms with Crippen LogP contribution >= 0.6 is 23.2 Å². The Kier molecular flexibility index (Phi) is 5.38. The van der Waals surface area contributed by atoms with E-state index in [-0.39, 0.29) is 6.54 Å². The number of halogens is 2. The summed E-state index contributed by atoms with van der Waals surface area (Å²) in [6.07, 6.45) is 2.24. The van der Waals surface area contributed by atoms with Crippen LogP contribution in [0.25, 0.3) is 0 Å². The van der Waals surface area contributed by atoms with Crippen LogP contribution in [0.1, 0.15) is 11.7 Å². The van der Waals surface area contributed by atoms with Crippen molar-refractivity contribution in [2.24, 2.45) is 0 Å². The second kappa shape index (κ2) is 7.26. The minimum Gasteiger partial charge on any atom is -0.387 e. The number of anilines is 1. The molecule has 1 atom stereocenters. The van der Waals surface area contributed by atoms with Gasteiger partial charge in [-0.25, -0.2) is 4.79 Å². The van der Waals surface area contributed by atoms with Crippen molar-refractivity contribution in [3.05, 3.63) is 58.3 Å². The van der Waals surface area contributed by atoms with Crippen molar-refractivity contribution in [1.82, 2.24) is 10.3 Å². The number of nitrogens with one attached hydrogen (secondary N) is 2. The van der Waals surface area contributed by atoms with E-state index in [9.17, 15) is 9.90 Å². The van der Waals surface area contributed by atoms with Gasteiger partial charge in [-0.1, -0.05) is 23.2 Å². The van der Waals surface area contributed by atoms with E-state index in [4.69, 9.17) is 23.2 Å². The number of aromatic nitrogens is 1. The minimum absolute atomic E-state index is 0.0353. The lowest BCUT2D eigenvalue weighted by atomic mass is 10.1. The zero-order valence-corrected chi connectivity index (χ0v) is 12.4. The van der Waals surface area contributed by atoms with Gasteiger partial charge in [0.1, 0.15) is 0 Å². The number of amides is 2. The quantitative estimate of drug-likeness (QED) is 0.807. The molecule has 0 spiro atoms. The first-order valence-electron chi connectivity index (χ1n) is 6.13. The minimum atomic E-state index is -0.899. The van der Waals surface area contributed by atoms with Crippen LogP contribution in [0.5, 0.6) is 0 Å². The van der Waals surface area contributed by atoms with Crippen LogP contribution < -0.4 is 10.6 Å². The second-order valence-electron chi connectivity index (χ2n) is 4.29. The molecule has 0 fully saturated rings. The summed E-state index contributed by atoms with van der Waals surface area (Å²) in [6.45, 7) is 0.0353. The summed E-state index contributed by atoms with van der Waals surface area (Å²) < 4.78 is 0. The molecule has 0 radical (unpaired) electrons. The highest BCUT2D eigenvalue weighted by Gasteiger charge is 2.11. The van der Waals surface area contributed by atoms with Crippen molar-refractivity contribution in [2.45, 2.75) is 6.10 Å². The zero-order valence-electron chi connectivity index (χ0n) is 10.9. The monoisotopic (exact) mass is 325 g/mol. The lowest BCUT2D eigenvalue weighted by Gasteiger charge is -2.13. The number of carbonyl (C=O) groups excluding carboxylic acids is 1. The lowest BCUT2D eigenvalue weighted by molar-refractivity contribution is 0.175. The van der Waals surface area contributed by atoms with Crippen LogP contribution in [0.2, 0.25) is 10.0 Å². The van der Waals surface area contributed by atoms with Crippen molar-refractivity contribution >= 4 is 34.9 Å². The van der Waals surface area contributed by atoms with Gasteiger partial charge in [0.15, 0.2) is 0 Å². The maximum absolute atomic E-state index is 11.7. The summed E-state index contributed by atoms with van der Waals surface area (Å²) in [5, 5.41) is 16.1.